The quantitative estimate of drug-likeness (QED) is 0.681. The zero-order valence-electron chi connectivity index (χ0n) is 14.2. The lowest BCUT2D eigenvalue weighted by Crippen LogP contribution is -1.97. The van der Waals surface area contributed by atoms with Gasteiger partial charge in [-0.3, -0.25) is 0 Å². The third-order valence-electron chi connectivity index (χ3n) is 3.83. The van der Waals surface area contributed by atoms with E-state index < -0.39 is 0 Å². The summed E-state index contributed by atoms with van der Waals surface area (Å²) >= 11 is 0. The molecule has 2 aromatic carbocycles. The zero-order valence-corrected chi connectivity index (χ0v) is 14.2. The Morgan fingerprint density at radius 2 is 1.60 bits per heavy atom. The molecule has 0 aliphatic carbocycles. The first-order valence-electron chi connectivity index (χ1n) is 8.03. The highest BCUT2D eigenvalue weighted by molar-refractivity contribution is 5.72. The van der Waals surface area contributed by atoms with Crippen LogP contribution in [0.25, 0.3) is 22.4 Å². The highest BCUT2D eigenvalue weighted by Gasteiger charge is 2.08. The minimum atomic E-state index is 0.547. The Labute approximate surface area is 147 Å². The van der Waals surface area contributed by atoms with Gasteiger partial charge in [-0.1, -0.05) is 12.1 Å². The lowest BCUT2D eigenvalue weighted by Gasteiger charge is -2.10. The summed E-state index contributed by atoms with van der Waals surface area (Å²) in [4.78, 5) is 4.59. The number of benzene rings is 2. The Balaban J connectivity index is 2.05. The van der Waals surface area contributed by atoms with Crippen molar-refractivity contribution in [3.05, 3.63) is 66.2 Å². The molecule has 0 saturated carbocycles. The number of ether oxygens (including phenoxy) is 2. The lowest BCUT2D eigenvalue weighted by atomic mass is 10.0. The molecule has 4 heteroatoms. The maximum absolute atomic E-state index is 8.96. The second kappa shape index (κ2) is 7.50. The second-order valence-electron chi connectivity index (χ2n) is 5.43. The molecule has 0 fully saturated rings. The molecule has 0 N–H and O–H groups in total. The number of nitrogens with zero attached hydrogens (tertiary/aromatic N) is 2. The lowest BCUT2D eigenvalue weighted by molar-refractivity contribution is 0.327. The zero-order chi connectivity index (χ0) is 17.6. The Kier molecular flexibility index (Phi) is 4.96. The van der Waals surface area contributed by atoms with Crippen molar-refractivity contribution in [1.82, 2.24) is 4.98 Å². The van der Waals surface area contributed by atoms with Crippen LogP contribution in [0.15, 0.2) is 60.7 Å². The van der Waals surface area contributed by atoms with E-state index in [1.807, 2.05) is 67.6 Å². The molecule has 25 heavy (non-hydrogen) atoms. The van der Waals surface area contributed by atoms with E-state index in [0.29, 0.717) is 18.1 Å². The molecule has 0 atom stereocenters. The Morgan fingerprint density at radius 3 is 2.20 bits per heavy atom. The van der Waals surface area contributed by atoms with Crippen molar-refractivity contribution in [3.63, 3.8) is 0 Å². The Bertz CT molecular complexity index is 895. The summed E-state index contributed by atoms with van der Waals surface area (Å²) in [7, 11) is 1.64. The third kappa shape index (κ3) is 3.78. The first-order chi connectivity index (χ1) is 12.2. The van der Waals surface area contributed by atoms with Crippen molar-refractivity contribution in [2.24, 2.45) is 0 Å². The second-order valence-corrected chi connectivity index (χ2v) is 5.43. The average Bonchev–Trinajstić information content (AvgIpc) is 2.68. The van der Waals surface area contributed by atoms with Gasteiger partial charge in [0.2, 0.25) is 5.88 Å². The Hall–Kier alpha value is -3.32. The summed E-state index contributed by atoms with van der Waals surface area (Å²) in [6.45, 7) is 2.48. The van der Waals surface area contributed by atoms with E-state index in [1.54, 1.807) is 7.11 Å². The van der Waals surface area contributed by atoms with Gasteiger partial charge < -0.3 is 9.47 Å². The van der Waals surface area contributed by atoms with Gasteiger partial charge >= 0.3 is 0 Å². The van der Waals surface area contributed by atoms with E-state index in [2.05, 4.69) is 11.1 Å². The van der Waals surface area contributed by atoms with Crippen LogP contribution >= 0.6 is 0 Å². The summed E-state index contributed by atoms with van der Waals surface area (Å²) in [5, 5.41) is 8.96. The van der Waals surface area contributed by atoms with Crippen molar-refractivity contribution < 1.29 is 9.47 Å². The van der Waals surface area contributed by atoms with Crippen LogP contribution < -0.4 is 9.47 Å². The predicted molar refractivity (Wildman–Crippen MR) is 97.5 cm³/mol. The van der Waals surface area contributed by atoms with Crippen LogP contribution in [0.4, 0.5) is 0 Å². The fraction of sp³-hybridized carbons (Fsp3) is 0.143. The number of pyridine rings is 1. The van der Waals surface area contributed by atoms with E-state index in [0.717, 1.165) is 28.1 Å². The van der Waals surface area contributed by atoms with Crippen LogP contribution in [0.2, 0.25) is 0 Å². The van der Waals surface area contributed by atoms with Gasteiger partial charge in [0.25, 0.3) is 0 Å². The summed E-state index contributed by atoms with van der Waals surface area (Å²) in [5.74, 6) is 1.38. The highest BCUT2D eigenvalue weighted by Crippen LogP contribution is 2.29. The third-order valence-corrected chi connectivity index (χ3v) is 3.83. The SMILES string of the molecule is CCOc1cc(-c2ccc(C#N)cc2)cc(-c2ccc(OC)cc2)n1. The normalized spacial score (nSPS) is 10.1. The van der Waals surface area contributed by atoms with Crippen LogP contribution in [0.3, 0.4) is 0 Å². The summed E-state index contributed by atoms with van der Waals surface area (Å²) in [5.41, 5.74) is 4.45. The maximum atomic E-state index is 8.96. The van der Waals surface area contributed by atoms with Crippen molar-refractivity contribution in [1.29, 1.82) is 5.26 Å². The first-order valence-corrected chi connectivity index (χ1v) is 8.03. The molecule has 0 saturated heterocycles. The monoisotopic (exact) mass is 330 g/mol. The summed E-state index contributed by atoms with van der Waals surface area (Å²) in [6, 6.07) is 21.3. The standard InChI is InChI=1S/C21H18N2O2/c1-3-25-21-13-18(16-6-4-15(14-22)5-7-16)12-20(23-21)17-8-10-19(24-2)11-9-17/h4-13H,3H2,1-2H3. The number of aromatic nitrogens is 1. The summed E-state index contributed by atoms with van der Waals surface area (Å²) < 4.78 is 10.8. The smallest absolute Gasteiger partial charge is 0.214 e. The number of hydrogen-bond donors (Lipinski definition) is 0. The van der Waals surface area contributed by atoms with Crippen LogP contribution in [-0.4, -0.2) is 18.7 Å². The van der Waals surface area contributed by atoms with Crippen LogP contribution in [0, 0.1) is 11.3 Å². The molecule has 0 unspecified atom stereocenters. The molecule has 0 radical (unpaired) electrons. The van der Waals surface area contributed by atoms with Crippen LogP contribution in [0.1, 0.15) is 12.5 Å². The molecule has 3 aromatic rings. The van der Waals surface area contributed by atoms with Gasteiger partial charge in [-0.15, -0.1) is 0 Å². The number of rotatable bonds is 5. The van der Waals surface area contributed by atoms with Gasteiger partial charge in [0, 0.05) is 11.6 Å². The van der Waals surface area contributed by atoms with E-state index >= 15 is 0 Å². The molecule has 0 spiro atoms. The van der Waals surface area contributed by atoms with E-state index in [1.165, 1.54) is 0 Å². The fourth-order valence-corrected chi connectivity index (χ4v) is 2.54. The summed E-state index contributed by atoms with van der Waals surface area (Å²) in [6.07, 6.45) is 0. The van der Waals surface area contributed by atoms with Gasteiger partial charge in [-0.2, -0.15) is 5.26 Å². The molecular weight excluding hydrogens is 312 g/mol. The minimum absolute atomic E-state index is 0.547. The Morgan fingerprint density at radius 1 is 0.920 bits per heavy atom. The van der Waals surface area contributed by atoms with E-state index in [4.69, 9.17) is 14.7 Å². The molecule has 1 aromatic heterocycles. The minimum Gasteiger partial charge on any atom is -0.497 e. The van der Waals surface area contributed by atoms with Gasteiger partial charge in [0.15, 0.2) is 0 Å². The molecule has 3 rings (SSSR count). The molecule has 4 nitrogen and oxygen atoms in total. The van der Waals surface area contributed by atoms with E-state index in [9.17, 15) is 0 Å². The van der Waals surface area contributed by atoms with Crippen LogP contribution in [-0.2, 0) is 0 Å². The number of nitriles is 1. The van der Waals surface area contributed by atoms with Crippen molar-refractivity contribution in [2.45, 2.75) is 6.92 Å². The fourth-order valence-electron chi connectivity index (χ4n) is 2.54. The molecule has 0 aliphatic rings. The average molecular weight is 330 g/mol. The molecule has 0 amide bonds. The van der Waals surface area contributed by atoms with Crippen molar-refractivity contribution in [3.8, 4) is 40.1 Å². The van der Waals surface area contributed by atoms with Gasteiger partial charge in [-0.05, 0) is 60.5 Å². The number of hydrogen-bond acceptors (Lipinski definition) is 4. The van der Waals surface area contributed by atoms with Gasteiger partial charge in [-0.25, -0.2) is 4.98 Å². The molecule has 124 valence electrons. The largest absolute Gasteiger partial charge is 0.497 e. The van der Waals surface area contributed by atoms with E-state index in [-0.39, 0.29) is 0 Å². The van der Waals surface area contributed by atoms with Gasteiger partial charge in [0.05, 0.1) is 31.0 Å². The topological polar surface area (TPSA) is 55.1 Å². The van der Waals surface area contributed by atoms with Gasteiger partial charge in [0.1, 0.15) is 5.75 Å². The molecule has 0 aliphatic heterocycles. The molecule has 0 bridgehead atoms. The van der Waals surface area contributed by atoms with Crippen molar-refractivity contribution in [2.75, 3.05) is 13.7 Å². The highest BCUT2D eigenvalue weighted by atomic mass is 16.5. The molecular formula is C21H18N2O2. The first kappa shape index (κ1) is 16.5. The molecule has 1 heterocycles. The van der Waals surface area contributed by atoms with Crippen molar-refractivity contribution >= 4 is 0 Å². The predicted octanol–water partition coefficient (Wildman–Crippen LogP) is 4.69. The maximum Gasteiger partial charge on any atom is 0.214 e. The van der Waals surface area contributed by atoms with Crippen LogP contribution in [0.5, 0.6) is 11.6 Å². The number of methoxy groups -OCH3 is 1.